The number of nitrogens with one attached hydrogen (secondary N) is 1. The summed E-state index contributed by atoms with van der Waals surface area (Å²) in [5.41, 5.74) is 2.79. The summed E-state index contributed by atoms with van der Waals surface area (Å²) in [5, 5.41) is 10.1. The molecular formula is C10H12N2O3. The molecule has 1 aromatic rings. The fraction of sp³-hybridized carbons (Fsp3) is 0.200. The van der Waals surface area contributed by atoms with E-state index < -0.39 is 5.97 Å². The average molecular weight is 208 g/mol. The van der Waals surface area contributed by atoms with Gasteiger partial charge in [-0.25, -0.2) is 10.2 Å². The molecule has 1 rings (SSSR count). The molecule has 0 heterocycles. The zero-order chi connectivity index (χ0) is 11.4. The molecule has 0 saturated carbocycles. The number of carbonyl (C=O) groups is 2. The number of carboxylic acids is 1. The standard InChI is InChI=1S/C10H12N2O3/c1-11-12(2)9(13)7-5-3-4-6-8(7)10(14)15/h3-6,11H,1-2H3,(H,14,15). The van der Waals surface area contributed by atoms with Crippen molar-refractivity contribution in [2.75, 3.05) is 14.1 Å². The van der Waals surface area contributed by atoms with E-state index in [1.165, 1.54) is 24.2 Å². The highest BCUT2D eigenvalue weighted by Crippen LogP contribution is 2.10. The second-order valence-electron chi connectivity index (χ2n) is 2.94. The normalized spacial score (nSPS) is 9.73. The molecule has 0 aliphatic rings. The van der Waals surface area contributed by atoms with Crippen LogP contribution >= 0.6 is 0 Å². The molecule has 0 aliphatic carbocycles. The third kappa shape index (κ3) is 2.32. The van der Waals surface area contributed by atoms with E-state index in [2.05, 4.69) is 5.43 Å². The first-order valence-corrected chi connectivity index (χ1v) is 4.35. The highest BCUT2D eigenvalue weighted by Gasteiger charge is 2.17. The highest BCUT2D eigenvalue weighted by molar-refractivity contribution is 6.04. The van der Waals surface area contributed by atoms with E-state index >= 15 is 0 Å². The Bertz CT molecular complexity index is 390. The number of benzene rings is 1. The molecule has 15 heavy (non-hydrogen) atoms. The number of carbonyl (C=O) groups excluding carboxylic acids is 1. The molecule has 5 nitrogen and oxygen atoms in total. The molecule has 0 unspecified atom stereocenters. The molecule has 0 aliphatic heterocycles. The summed E-state index contributed by atoms with van der Waals surface area (Å²) < 4.78 is 0. The van der Waals surface area contributed by atoms with Crippen molar-refractivity contribution < 1.29 is 14.7 Å². The number of hydrogen-bond acceptors (Lipinski definition) is 3. The maximum absolute atomic E-state index is 11.7. The number of aromatic carboxylic acids is 1. The van der Waals surface area contributed by atoms with Crippen molar-refractivity contribution >= 4 is 11.9 Å². The van der Waals surface area contributed by atoms with E-state index in [9.17, 15) is 9.59 Å². The number of carboxylic acid groups (broad SMARTS) is 1. The molecule has 80 valence electrons. The van der Waals surface area contributed by atoms with Crippen LogP contribution in [-0.4, -0.2) is 36.1 Å². The Morgan fingerprint density at radius 2 is 1.80 bits per heavy atom. The summed E-state index contributed by atoms with van der Waals surface area (Å²) in [7, 11) is 3.11. The molecule has 0 aromatic heterocycles. The molecule has 0 fully saturated rings. The second kappa shape index (κ2) is 4.56. The third-order valence-corrected chi connectivity index (χ3v) is 2.03. The first-order chi connectivity index (χ1) is 7.07. The highest BCUT2D eigenvalue weighted by atomic mass is 16.4. The Hall–Kier alpha value is -1.88. The van der Waals surface area contributed by atoms with Crippen molar-refractivity contribution in [2.45, 2.75) is 0 Å². The van der Waals surface area contributed by atoms with Crippen LogP contribution in [0.3, 0.4) is 0 Å². The van der Waals surface area contributed by atoms with Crippen LogP contribution in [0.2, 0.25) is 0 Å². The molecule has 0 spiro atoms. The molecule has 2 N–H and O–H groups in total. The lowest BCUT2D eigenvalue weighted by atomic mass is 10.1. The van der Waals surface area contributed by atoms with Crippen LogP contribution in [0.25, 0.3) is 0 Å². The van der Waals surface area contributed by atoms with Gasteiger partial charge in [0.1, 0.15) is 0 Å². The molecule has 1 aromatic carbocycles. The van der Waals surface area contributed by atoms with E-state index in [1.807, 2.05) is 0 Å². The van der Waals surface area contributed by atoms with E-state index in [-0.39, 0.29) is 17.0 Å². The molecule has 0 bridgehead atoms. The number of hydrogen-bond donors (Lipinski definition) is 2. The monoisotopic (exact) mass is 208 g/mol. The minimum Gasteiger partial charge on any atom is -0.478 e. The van der Waals surface area contributed by atoms with Gasteiger partial charge in [-0.2, -0.15) is 0 Å². The minimum atomic E-state index is -1.11. The number of amides is 1. The number of hydrazine groups is 1. The molecule has 1 amide bonds. The zero-order valence-corrected chi connectivity index (χ0v) is 8.52. The predicted octanol–water partition coefficient (Wildman–Crippen LogP) is 0.591. The van der Waals surface area contributed by atoms with Gasteiger partial charge in [0.2, 0.25) is 0 Å². The van der Waals surface area contributed by atoms with Crippen molar-refractivity contribution in [2.24, 2.45) is 0 Å². The molecule has 5 heteroatoms. The lowest BCUT2D eigenvalue weighted by Crippen LogP contribution is -2.37. The smallest absolute Gasteiger partial charge is 0.336 e. The largest absolute Gasteiger partial charge is 0.478 e. The zero-order valence-electron chi connectivity index (χ0n) is 8.52. The van der Waals surface area contributed by atoms with Crippen molar-refractivity contribution in [3.05, 3.63) is 35.4 Å². The summed E-state index contributed by atoms with van der Waals surface area (Å²) in [6.45, 7) is 0. The van der Waals surface area contributed by atoms with E-state index in [0.29, 0.717) is 0 Å². The summed E-state index contributed by atoms with van der Waals surface area (Å²) in [5.74, 6) is -1.49. The number of nitrogens with zero attached hydrogens (tertiary/aromatic N) is 1. The van der Waals surface area contributed by atoms with Gasteiger partial charge in [-0.3, -0.25) is 9.80 Å². The van der Waals surface area contributed by atoms with Crippen LogP contribution in [0.15, 0.2) is 24.3 Å². The Morgan fingerprint density at radius 1 is 1.27 bits per heavy atom. The van der Waals surface area contributed by atoms with Gasteiger partial charge in [0.05, 0.1) is 11.1 Å². The Labute approximate surface area is 87.3 Å². The van der Waals surface area contributed by atoms with Crippen molar-refractivity contribution in [1.82, 2.24) is 10.4 Å². The van der Waals surface area contributed by atoms with Gasteiger partial charge in [-0.1, -0.05) is 12.1 Å². The predicted molar refractivity (Wildman–Crippen MR) is 54.6 cm³/mol. The van der Waals surface area contributed by atoms with Gasteiger partial charge in [0.25, 0.3) is 5.91 Å². The van der Waals surface area contributed by atoms with Crippen LogP contribution in [0.4, 0.5) is 0 Å². The molecule has 0 atom stereocenters. The minimum absolute atomic E-state index is 0.00426. The average Bonchev–Trinajstić information content (AvgIpc) is 2.27. The summed E-state index contributed by atoms with van der Waals surface area (Å²) >= 11 is 0. The number of rotatable bonds is 3. The quantitative estimate of drug-likeness (QED) is 0.713. The molecule has 0 radical (unpaired) electrons. The van der Waals surface area contributed by atoms with Crippen LogP contribution in [0, 0.1) is 0 Å². The maximum atomic E-state index is 11.7. The van der Waals surface area contributed by atoms with Crippen molar-refractivity contribution in [3.8, 4) is 0 Å². The fourth-order valence-electron chi connectivity index (χ4n) is 1.14. The van der Waals surface area contributed by atoms with E-state index in [1.54, 1.807) is 19.2 Å². The van der Waals surface area contributed by atoms with Gasteiger partial charge in [0, 0.05) is 14.1 Å². The van der Waals surface area contributed by atoms with Gasteiger partial charge < -0.3 is 5.11 Å². The van der Waals surface area contributed by atoms with Gasteiger partial charge in [-0.15, -0.1) is 0 Å². The van der Waals surface area contributed by atoms with Crippen LogP contribution in [0.1, 0.15) is 20.7 Å². The van der Waals surface area contributed by atoms with Crippen LogP contribution in [0.5, 0.6) is 0 Å². The van der Waals surface area contributed by atoms with Gasteiger partial charge in [0.15, 0.2) is 0 Å². The van der Waals surface area contributed by atoms with Gasteiger partial charge >= 0.3 is 5.97 Å². The van der Waals surface area contributed by atoms with Crippen LogP contribution in [-0.2, 0) is 0 Å². The van der Waals surface area contributed by atoms with E-state index in [4.69, 9.17) is 5.11 Å². The maximum Gasteiger partial charge on any atom is 0.336 e. The Morgan fingerprint density at radius 3 is 2.27 bits per heavy atom. The SMILES string of the molecule is CNN(C)C(=O)c1ccccc1C(=O)O. The second-order valence-corrected chi connectivity index (χ2v) is 2.94. The van der Waals surface area contributed by atoms with Crippen molar-refractivity contribution in [3.63, 3.8) is 0 Å². The molecule has 0 saturated heterocycles. The fourth-order valence-corrected chi connectivity index (χ4v) is 1.14. The summed E-state index contributed by atoms with van der Waals surface area (Å²) in [6.07, 6.45) is 0. The van der Waals surface area contributed by atoms with Crippen LogP contribution < -0.4 is 5.43 Å². The molecular weight excluding hydrogens is 196 g/mol. The third-order valence-electron chi connectivity index (χ3n) is 2.03. The van der Waals surface area contributed by atoms with Crippen molar-refractivity contribution in [1.29, 1.82) is 0 Å². The first-order valence-electron chi connectivity index (χ1n) is 4.35. The lowest BCUT2D eigenvalue weighted by Gasteiger charge is -2.16. The summed E-state index contributed by atoms with van der Waals surface area (Å²) in [4.78, 5) is 22.5. The van der Waals surface area contributed by atoms with Gasteiger partial charge in [-0.05, 0) is 12.1 Å². The topological polar surface area (TPSA) is 69.6 Å². The Kier molecular flexibility index (Phi) is 3.41. The lowest BCUT2D eigenvalue weighted by molar-refractivity contribution is 0.0670. The summed E-state index contributed by atoms with van der Waals surface area (Å²) in [6, 6.07) is 6.10. The Balaban J connectivity index is 3.13. The van der Waals surface area contributed by atoms with E-state index in [0.717, 1.165) is 0 Å². The first kappa shape index (κ1) is 11.2.